The van der Waals surface area contributed by atoms with Gasteiger partial charge in [-0.2, -0.15) is 0 Å². The standard InChI is InChI=1S/C17H32O2/c1-15(18)14-16(2)19-13-11-9-7-6-8-10-12-17(3,4)5/h14H,6-13H2,1-5H3. The minimum Gasteiger partial charge on any atom is -0.498 e. The summed E-state index contributed by atoms with van der Waals surface area (Å²) in [6.45, 7) is 11.0. The normalized spacial score (nSPS) is 12.6. The molecule has 0 radical (unpaired) electrons. The molecule has 0 rings (SSSR count). The fourth-order valence-corrected chi connectivity index (χ4v) is 2.03. The SMILES string of the molecule is CC(=O)C=C(C)OCCCCCCCCC(C)(C)C. The maximum Gasteiger partial charge on any atom is 0.155 e. The zero-order valence-corrected chi connectivity index (χ0v) is 13.6. The maximum absolute atomic E-state index is 10.8. The molecule has 0 aliphatic heterocycles. The van der Waals surface area contributed by atoms with E-state index in [-0.39, 0.29) is 5.78 Å². The van der Waals surface area contributed by atoms with E-state index >= 15 is 0 Å². The largest absolute Gasteiger partial charge is 0.498 e. The Morgan fingerprint density at radius 3 is 2.00 bits per heavy atom. The fraction of sp³-hybridized carbons (Fsp3) is 0.824. The second-order valence-electron chi connectivity index (χ2n) is 6.65. The Morgan fingerprint density at radius 2 is 1.47 bits per heavy atom. The number of ether oxygens (including phenoxy) is 1. The van der Waals surface area contributed by atoms with Crippen LogP contribution in [0.5, 0.6) is 0 Å². The van der Waals surface area contributed by atoms with Crippen molar-refractivity contribution in [1.82, 2.24) is 0 Å². The maximum atomic E-state index is 10.8. The third-order valence-electron chi connectivity index (χ3n) is 3.06. The van der Waals surface area contributed by atoms with Gasteiger partial charge in [0, 0.05) is 6.08 Å². The number of allylic oxidation sites excluding steroid dienone is 2. The summed E-state index contributed by atoms with van der Waals surface area (Å²) in [6.07, 6.45) is 10.5. The van der Waals surface area contributed by atoms with Crippen LogP contribution in [-0.4, -0.2) is 12.4 Å². The van der Waals surface area contributed by atoms with Crippen LogP contribution in [0.3, 0.4) is 0 Å². The summed E-state index contributed by atoms with van der Waals surface area (Å²) >= 11 is 0. The molecule has 0 saturated heterocycles. The minimum atomic E-state index is 0.0522. The first kappa shape index (κ1) is 18.2. The molecule has 19 heavy (non-hydrogen) atoms. The van der Waals surface area contributed by atoms with Gasteiger partial charge in [-0.1, -0.05) is 52.9 Å². The molecule has 0 aromatic heterocycles. The molecule has 0 amide bonds. The van der Waals surface area contributed by atoms with E-state index in [1.165, 1.54) is 38.5 Å². The summed E-state index contributed by atoms with van der Waals surface area (Å²) < 4.78 is 5.47. The van der Waals surface area contributed by atoms with Gasteiger partial charge in [-0.05, 0) is 32.1 Å². The summed E-state index contributed by atoms with van der Waals surface area (Å²) in [7, 11) is 0. The first-order chi connectivity index (χ1) is 8.81. The highest BCUT2D eigenvalue weighted by Gasteiger charge is 2.08. The summed E-state index contributed by atoms with van der Waals surface area (Å²) in [4.78, 5) is 10.8. The van der Waals surface area contributed by atoms with Crippen LogP contribution in [0.4, 0.5) is 0 Å². The average molecular weight is 268 g/mol. The van der Waals surface area contributed by atoms with Gasteiger partial charge < -0.3 is 4.74 Å². The second kappa shape index (κ2) is 10.1. The molecule has 0 aliphatic carbocycles. The van der Waals surface area contributed by atoms with Crippen molar-refractivity contribution in [2.75, 3.05) is 6.61 Å². The lowest BCUT2D eigenvalue weighted by atomic mass is 9.89. The summed E-state index contributed by atoms with van der Waals surface area (Å²) in [6, 6.07) is 0. The number of hydrogen-bond acceptors (Lipinski definition) is 2. The molecule has 2 nitrogen and oxygen atoms in total. The smallest absolute Gasteiger partial charge is 0.155 e. The lowest BCUT2D eigenvalue weighted by Gasteiger charge is -2.17. The minimum absolute atomic E-state index is 0.0522. The Kier molecular flexibility index (Phi) is 9.63. The molecule has 0 saturated carbocycles. The molecule has 2 heteroatoms. The van der Waals surface area contributed by atoms with E-state index in [0.29, 0.717) is 5.41 Å². The highest BCUT2D eigenvalue weighted by Crippen LogP contribution is 2.22. The third kappa shape index (κ3) is 15.2. The summed E-state index contributed by atoms with van der Waals surface area (Å²) in [5.74, 6) is 0.786. The van der Waals surface area contributed by atoms with Crippen molar-refractivity contribution < 1.29 is 9.53 Å². The van der Waals surface area contributed by atoms with E-state index in [1.807, 2.05) is 6.92 Å². The van der Waals surface area contributed by atoms with Gasteiger partial charge in [0.25, 0.3) is 0 Å². The van der Waals surface area contributed by atoms with Crippen molar-refractivity contribution in [1.29, 1.82) is 0 Å². The topological polar surface area (TPSA) is 26.3 Å². The molecule has 0 atom stereocenters. The Morgan fingerprint density at radius 1 is 0.947 bits per heavy atom. The van der Waals surface area contributed by atoms with E-state index in [9.17, 15) is 4.79 Å². The highest BCUT2D eigenvalue weighted by molar-refractivity contribution is 5.87. The van der Waals surface area contributed by atoms with Crippen LogP contribution in [0.1, 0.15) is 79.6 Å². The third-order valence-corrected chi connectivity index (χ3v) is 3.06. The fourth-order valence-electron chi connectivity index (χ4n) is 2.03. The van der Waals surface area contributed by atoms with Crippen LogP contribution >= 0.6 is 0 Å². The van der Waals surface area contributed by atoms with Crippen molar-refractivity contribution in [3.63, 3.8) is 0 Å². The number of hydrogen-bond donors (Lipinski definition) is 0. The molecule has 0 aromatic carbocycles. The van der Waals surface area contributed by atoms with Crippen molar-refractivity contribution in [3.8, 4) is 0 Å². The molecule has 0 aromatic rings. The van der Waals surface area contributed by atoms with Gasteiger partial charge in [-0.3, -0.25) is 4.79 Å². The zero-order valence-electron chi connectivity index (χ0n) is 13.6. The van der Waals surface area contributed by atoms with Gasteiger partial charge in [-0.25, -0.2) is 0 Å². The van der Waals surface area contributed by atoms with E-state index < -0.39 is 0 Å². The molecule has 0 spiro atoms. The van der Waals surface area contributed by atoms with Gasteiger partial charge in [0.05, 0.1) is 12.4 Å². The van der Waals surface area contributed by atoms with Crippen LogP contribution in [-0.2, 0) is 9.53 Å². The van der Waals surface area contributed by atoms with Gasteiger partial charge in [-0.15, -0.1) is 0 Å². The molecular formula is C17H32O2. The Hall–Kier alpha value is -0.790. The van der Waals surface area contributed by atoms with Gasteiger partial charge in [0.1, 0.15) is 0 Å². The molecule has 0 unspecified atom stereocenters. The number of ketones is 1. The van der Waals surface area contributed by atoms with Gasteiger partial charge >= 0.3 is 0 Å². The molecule has 0 bridgehead atoms. The highest BCUT2D eigenvalue weighted by atomic mass is 16.5. The number of unbranched alkanes of at least 4 members (excludes halogenated alkanes) is 5. The van der Waals surface area contributed by atoms with Crippen LogP contribution in [0.2, 0.25) is 0 Å². The van der Waals surface area contributed by atoms with Crippen molar-refractivity contribution in [2.24, 2.45) is 5.41 Å². The molecular weight excluding hydrogens is 236 g/mol. The van der Waals surface area contributed by atoms with Crippen molar-refractivity contribution >= 4 is 5.78 Å². The molecule has 0 heterocycles. The molecule has 112 valence electrons. The predicted octanol–water partition coefficient (Wildman–Crippen LogP) is 5.27. The van der Waals surface area contributed by atoms with Crippen LogP contribution in [0, 0.1) is 5.41 Å². The molecule has 0 fully saturated rings. The number of carbonyl (C=O) groups excluding carboxylic acids is 1. The number of rotatable bonds is 10. The Labute approximate surface area is 119 Å². The van der Waals surface area contributed by atoms with Crippen molar-refractivity contribution in [3.05, 3.63) is 11.8 Å². The first-order valence-electron chi connectivity index (χ1n) is 7.63. The van der Waals surface area contributed by atoms with E-state index in [0.717, 1.165) is 18.8 Å². The van der Waals surface area contributed by atoms with E-state index in [4.69, 9.17) is 4.74 Å². The van der Waals surface area contributed by atoms with Crippen molar-refractivity contribution in [2.45, 2.75) is 79.6 Å². The Balaban J connectivity index is 3.30. The predicted molar refractivity (Wildman–Crippen MR) is 82.2 cm³/mol. The summed E-state index contributed by atoms with van der Waals surface area (Å²) in [5, 5.41) is 0. The van der Waals surface area contributed by atoms with Crippen LogP contribution in [0.25, 0.3) is 0 Å². The molecule has 0 aliphatic rings. The lowest BCUT2D eigenvalue weighted by Crippen LogP contribution is -2.03. The zero-order chi connectivity index (χ0) is 14.7. The molecule has 0 N–H and O–H groups in total. The van der Waals surface area contributed by atoms with Crippen LogP contribution in [0.15, 0.2) is 11.8 Å². The van der Waals surface area contributed by atoms with E-state index in [1.54, 1.807) is 13.0 Å². The van der Waals surface area contributed by atoms with Crippen LogP contribution < -0.4 is 0 Å². The first-order valence-corrected chi connectivity index (χ1v) is 7.63. The Bertz CT molecular complexity index is 271. The van der Waals surface area contributed by atoms with E-state index in [2.05, 4.69) is 20.8 Å². The van der Waals surface area contributed by atoms with Gasteiger partial charge in [0.2, 0.25) is 0 Å². The number of carbonyl (C=O) groups is 1. The lowest BCUT2D eigenvalue weighted by molar-refractivity contribution is -0.112. The monoisotopic (exact) mass is 268 g/mol. The second-order valence-corrected chi connectivity index (χ2v) is 6.65. The van der Waals surface area contributed by atoms with Gasteiger partial charge in [0.15, 0.2) is 5.78 Å². The summed E-state index contributed by atoms with van der Waals surface area (Å²) in [5.41, 5.74) is 0.481. The quantitative estimate of drug-likeness (QED) is 0.306. The average Bonchev–Trinajstić information content (AvgIpc) is 2.24.